The van der Waals surface area contributed by atoms with E-state index < -0.39 is 14.8 Å². The Morgan fingerprint density at radius 3 is 2.74 bits per heavy atom. The number of hydrogen-bond donors (Lipinski definition) is 3. The van der Waals surface area contributed by atoms with Crippen LogP contribution in [-0.4, -0.2) is 45.2 Å². The van der Waals surface area contributed by atoms with Crippen molar-refractivity contribution in [1.29, 1.82) is 0 Å². The number of hydrogen-bond acceptors (Lipinski definition) is 7. The third-order valence-electron chi connectivity index (χ3n) is 3.56. The van der Waals surface area contributed by atoms with E-state index in [1.54, 1.807) is 11.3 Å². The summed E-state index contributed by atoms with van der Waals surface area (Å²) in [6.07, 6.45) is 1.82. The van der Waals surface area contributed by atoms with Crippen LogP contribution in [0.15, 0.2) is 45.6 Å². The van der Waals surface area contributed by atoms with Gasteiger partial charge in [-0.1, -0.05) is 6.07 Å². The van der Waals surface area contributed by atoms with Gasteiger partial charge in [0.1, 0.15) is 5.69 Å². The number of thiophene rings is 1. The first-order valence-electron chi connectivity index (χ1n) is 8.06. The molecule has 0 aliphatic carbocycles. The van der Waals surface area contributed by atoms with E-state index in [0.29, 0.717) is 25.6 Å². The summed E-state index contributed by atoms with van der Waals surface area (Å²) in [5, 5.41) is 19.0. The Balaban J connectivity index is 1.84. The normalized spacial score (nSPS) is 12.0. The molecule has 0 saturated carbocycles. The van der Waals surface area contributed by atoms with Crippen molar-refractivity contribution in [1.82, 2.24) is 5.32 Å². The van der Waals surface area contributed by atoms with E-state index in [9.17, 15) is 18.5 Å². The second-order valence-corrected chi connectivity index (χ2v) is 8.71. The number of benzene rings is 1. The van der Waals surface area contributed by atoms with Crippen molar-refractivity contribution in [3.63, 3.8) is 0 Å². The molecule has 0 atom stereocenters. The summed E-state index contributed by atoms with van der Waals surface area (Å²) in [5.74, 6) is 0.301. The summed E-state index contributed by atoms with van der Waals surface area (Å²) in [6, 6.07) is 7.78. The number of rotatable bonds is 9. The lowest BCUT2D eigenvalue weighted by atomic mass is 10.2. The number of nitro groups is 1. The van der Waals surface area contributed by atoms with Crippen LogP contribution >= 0.6 is 11.3 Å². The van der Waals surface area contributed by atoms with Crippen molar-refractivity contribution < 1.29 is 13.3 Å². The smallest absolute Gasteiger partial charge is 0.293 e. The van der Waals surface area contributed by atoms with Crippen LogP contribution in [0.4, 0.5) is 11.4 Å². The molecule has 2 rings (SSSR count). The molecule has 1 aromatic carbocycles. The third-order valence-corrected chi connectivity index (χ3v) is 5.61. The minimum atomic E-state index is -3.51. The number of sulfone groups is 1. The van der Waals surface area contributed by atoms with Crippen molar-refractivity contribution in [3.8, 4) is 0 Å². The highest BCUT2D eigenvalue weighted by atomic mass is 32.2. The summed E-state index contributed by atoms with van der Waals surface area (Å²) in [7, 11) is -3.51. The van der Waals surface area contributed by atoms with E-state index >= 15 is 0 Å². The molecule has 27 heavy (non-hydrogen) atoms. The van der Waals surface area contributed by atoms with Gasteiger partial charge in [-0.05, 0) is 23.6 Å². The molecule has 0 spiro atoms. The predicted molar refractivity (Wildman–Crippen MR) is 107 cm³/mol. The molecule has 0 unspecified atom stereocenters. The number of aliphatic imine (C=N–C) groups is 1. The van der Waals surface area contributed by atoms with Crippen molar-refractivity contribution in [2.45, 2.75) is 11.3 Å². The van der Waals surface area contributed by atoms with E-state index in [1.165, 1.54) is 17.0 Å². The van der Waals surface area contributed by atoms with Gasteiger partial charge in [-0.15, -0.1) is 11.3 Å². The highest BCUT2D eigenvalue weighted by molar-refractivity contribution is 7.90. The van der Waals surface area contributed by atoms with Crippen LogP contribution < -0.4 is 16.4 Å². The van der Waals surface area contributed by atoms with Crippen molar-refractivity contribution in [2.24, 2.45) is 10.7 Å². The lowest BCUT2D eigenvalue weighted by Crippen LogP contribution is -2.35. The quantitative estimate of drug-likeness (QED) is 0.187. The van der Waals surface area contributed by atoms with E-state index in [2.05, 4.69) is 15.6 Å². The van der Waals surface area contributed by atoms with Gasteiger partial charge in [-0.25, -0.2) is 8.42 Å². The number of nitrogens with zero attached hydrogens (tertiary/aromatic N) is 2. The molecule has 11 heteroatoms. The van der Waals surface area contributed by atoms with Crippen LogP contribution in [0.5, 0.6) is 0 Å². The lowest BCUT2D eigenvalue weighted by molar-refractivity contribution is -0.384. The maximum absolute atomic E-state index is 11.5. The molecule has 0 fully saturated rings. The second kappa shape index (κ2) is 9.33. The molecule has 0 aliphatic heterocycles. The molecule has 1 heterocycles. The topological polar surface area (TPSA) is 140 Å². The molecule has 0 aliphatic rings. The number of guanidine groups is 1. The van der Waals surface area contributed by atoms with Crippen LogP contribution in [0, 0.1) is 10.1 Å². The summed E-state index contributed by atoms with van der Waals surface area (Å²) in [5.41, 5.74) is 5.72. The number of anilines is 1. The van der Waals surface area contributed by atoms with Gasteiger partial charge in [0.2, 0.25) is 0 Å². The monoisotopic (exact) mass is 411 g/mol. The van der Waals surface area contributed by atoms with Crippen LogP contribution in [0.1, 0.15) is 4.88 Å². The Bertz CT molecular complexity index is 911. The molecule has 2 aromatic rings. The molecule has 0 bridgehead atoms. The minimum absolute atomic E-state index is 0.0972. The molecule has 146 valence electrons. The minimum Gasteiger partial charge on any atom is -0.378 e. The van der Waals surface area contributed by atoms with Gasteiger partial charge in [0.25, 0.3) is 5.69 Å². The SMILES string of the molecule is CS(=O)(=O)c1ccc(NCCNC(N)=NCCc2cccs2)c([N+](=O)[O-])c1. The van der Waals surface area contributed by atoms with E-state index in [-0.39, 0.29) is 16.3 Å². The van der Waals surface area contributed by atoms with Crippen molar-refractivity contribution in [2.75, 3.05) is 31.2 Å². The Labute approximate surface area is 161 Å². The fraction of sp³-hybridized carbons (Fsp3) is 0.312. The predicted octanol–water partition coefficient (Wildman–Crippen LogP) is 1.62. The van der Waals surface area contributed by atoms with E-state index in [1.807, 2.05) is 17.5 Å². The number of nitro benzene ring substituents is 1. The van der Waals surface area contributed by atoms with Crippen LogP contribution in [0.3, 0.4) is 0 Å². The summed E-state index contributed by atoms with van der Waals surface area (Å²) in [6.45, 7) is 1.32. The maximum atomic E-state index is 11.5. The Morgan fingerprint density at radius 1 is 1.33 bits per heavy atom. The molecule has 9 nitrogen and oxygen atoms in total. The van der Waals surface area contributed by atoms with Gasteiger partial charge in [0.15, 0.2) is 15.8 Å². The molecule has 0 radical (unpaired) electrons. The van der Waals surface area contributed by atoms with Gasteiger partial charge < -0.3 is 16.4 Å². The maximum Gasteiger partial charge on any atom is 0.293 e. The van der Waals surface area contributed by atoms with Crippen LogP contribution in [0.2, 0.25) is 0 Å². The van der Waals surface area contributed by atoms with Crippen molar-refractivity contribution in [3.05, 3.63) is 50.7 Å². The summed E-state index contributed by atoms with van der Waals surface area (Å²) < 4.78 is 23.1. The Kier molecular flexibility index (Phi) is 7.13. The van der Waals surface area contributed by atoms with Crippen LogP contribution in [0.25, 0.3) is 0 Å². The standard InChI is InChI=1S/C16H21N5O4S2/c1-27(24,25)13-4-5-14(15(11-13)21(22)23)18-8-9-20-16(17)19-7-6-12-3-2-10-26-12/h2-5,10-11,18H,6-9H2,1H3,(H3,17,19,20). The Morgan fingerprint density at radius 2 is 2.11 bits per heavy atom. The largest absolute Gasteiger partial charge is 0.378 e. The van der Waals surface area contributed by atoms with Gasteiger partial charge in [-0.3, -0.25) is 15.1 Å². The highest BCUT2D eigenvalue weighted by Gasteiger charge is 2.18. The molecular weight excluding hydrogens is 390 g/mol. The van der Waals surface area contributed by atoms with E-state index in [0.717, 1.165) is 18.7 Å². The van der Waals surface area contributed by atoms with Gasteiger partial charge >= 0.3 is 0 Å². The fourth-order valence-corrected chi connectivity index (χ4v) is 3.57. The zero-order valence-corrected chi connectivity index (χ0v) is 16.3. The first-order chi connectivity index (χ1) is 12.8. The van der Waals surface area contributed by atoms with Crippen molar-refractivity contribution >= 4 is 38.5 Å². The number of nitrogens with one attached hydrogen (secondary N) is 2. The average Bonchev–Trinajstić information content (AvgIpc) is 3.11. The Hall–Kier alpha value is -2.66. The van der Waals surface area contributed by atoms with Crippen LogP contribution in [-0.2, 0) is 16.3 Å². The fourth-order valence-electron chi connectivity index (χ4n) is 2.23. The average molecular weight is 412 g/mol. The van der Waals surface area contributed by atoms with Gasteiger partial charge in [-0.2, -0.15) is 0 Å². The number of nitrogens with two attached hydrogens (primary N) is 1. The van der Waals surface area contributed by atoms with Gasteiger partial charge in [0, 0.05) is 43.3 Å². The lowest BCUT2D eigenvalue weighted by Gasteiger charge is -2.09. The second-order valence-electron chi connectivity index (χ2n) is 5.66. The first-order valence-corrected chi connectivity index (χ1v) is 10.8. The molecule has 4 N–H and O–H groups in total. The molecule has 1 aromatic heterocycles. The molecule has 0 amide bonds. The summed E-state index contributed by atoms with van der Waals surface area (Å²) >= 11 is 1.67. The third kappa shape index (κ3) is 6.53. The first kappa shape index (κ1) is 20.6. The summed E-state index contributed by atoms with van der Waals surface area (Å²) in [4.78, 5) is 15.9. The highest BCUT2D eigenvalue weighted by Crippen LogP contribution is 2.27. The molecular formula is C16H21N5O4S2. The van der Waals surface area contributed by atoms with Gasteiger partial charge in [0.05, 0.1) is 9.82 Å². The zero-order valence-electron chi connectivity index (χ0n) is 14.7. The molecule has 0 saturated heterocycles. The van der Waals surface area contributed by atoms with E-state index in [4.69, 9.17) is 5.73 Å². The zero-order chi connectivity index (χ0) is 19.9.